The number of alkyl halides is 3. The van der Waals surface area contributed by atoms with Crippen molar-refractivity contribution in [3.8, 4) is 11.3 Å². The Kier molecular flexibility index (Phi) is 4.50. The number of halogens is 3. The van der Waals surface area contributed by atoms with E-state index in [-0.39, 0.29) is 22.7 Å². The molecule has 7 nitrogen and oxygen atoms in total. The number of anilines is 1. The molecule has 1 aliphatic heterocycles. The van der Waals surface area contributed by atoms with Gasteiger partial charge in [-0.3, -0.25) is 9.78 Å². The van der Waals surface area contributed by atoms with Gasteiger partial charge in [0.05, 0.1) is 23.1 Å². The Morgan fingerprint density at radius 3 is 2.68 bits per heavy atom. The smallest absolute Gasteiger partial charge is 0.365 e. The zero-order valence-electron chi connectivity index (χ0n) is 14.9. The van der Waals surface area contributed by atoms with Crippen molar-refractivity contribution in [2.75, 3.05) is 18.4 Å². The number of nitrogens with zero attached hydrogens (tertiary/aromatic N) is 4. The van der Waals surface area contributed by atoms with Gasteiger partial charge in [0.25, 0.3) is 5.56 Å². The van der Waals surface area contributed by atoms with Gasteiger partial charge in [-0.1, -0.05) is 0 Å². The van der Waals surface area contributed by atoms with E-state index in [0.29, 0.717) is 16.9 Å². The molecule has 3 aromatic heterocycles. The molecule has 1 fully saturated rings. The van der Waals surface area contributed by atoms with Gasteiger partial charge in [-0.15, -0.1) is 0 Å². The van der Waals surface area contributed by atoms with Gasteiger partial charge in [0.2, 0.25) is 0 Å². The largest absolute Gasteiger partial charge is 0.417 e. The van der Waals surface area contributed by atoms with Crippen LogP contribution >= 0.6 is 0 Å². The maximum atomic E-state index is 12.8. The summed E-state index contributed by atoms with van der Waals surface area (Å²) in [5, 5.41) is 6.78. The van der Waals surface area contributed by atoms with Crippen LogP contribution in [0.15, 0.2) is 35.6 Å². The molecular formula is C18H17F3N6O. The minimum absolute atomic E-state index is 0.135. The lowest BCUT2D eigenvalue weighted by molar-refractivity contribution is -0.137. The molecule has 1 atom stereocenters. The minimum Gasteiger partial charge on any atom is -0.365 e. The maximum absolute atomic E-state index is 12.8. The maximum Gasteiger partial charge on any atom is 0.417 e. The van der Waals surface area contributed by atoms with E-state index in [2.05, 4.69) is 25.6 Å². The Morgan fingerprint density at radius 1 is 1.21 bits per heavy atom. The first-order chi connectivity index (χ1) is 13.3. The van der Waals surface area contributed by atoms with Gasteiger partial charge in [-0.25, -0.2) is 9.97 Å². The van der Waals surface area contributed by atoms with E-state index in [4.69, 9.17) is 0 Å². The third kappa shape index (κ3) is 3.31. The first-order valence-corrected chi connectivity index (χ1v) is 8.70. The van der Waals surface area contributed by atoms with E-state index in [1.807, 2.05) is 0 Å². The molecule has 0 amide bonds. The predicted molar refractivity (Wildman–Crippen MR) is 97.9 cm³/mol. The average molecular weight is 390 g/mol. The molecule has 2 N–H and O–H groups in total. The molecule has 28 heavy (non-hydrogen) atoms. The second-order valence-electron chi connectivity index (χ2n) is 6.67. The number of hydrogen-bond donors (Lipinski definition) is 2. The summed E-state index contributed by atoms with van der Waals surface area (Å²) in [7, 11) is 1.58. The predicted octanol–water partition coefficient (Wildman–Crippen LogP) is 2.18. The number of hydrogen-bond acceptors (Lipinski definition) is 6. The van der Waals surface area contributed by atoms with Crippen LogP contribution in [0.1, 0.15) is 12.0 Å². The Morgan fingerprint density at radius 2 is 2.04 bits per heavy atom. The van der Waals surface area contributed by atoms with Crippen LogP contribution in [0.3, 0.4) is 0 Å². The van der Waals surface area contributed by atoms with E-state index in [9.17, 15) is 18.0 Å². The van der Waals surface area contributed by atoms with Gasteiger partial charge in [0.1, 0.15) is 11.2 Å². The quantitative estimate of drug-likeness (QED) is 0.713. The summed E-state index contributed by atoms with van der Waals surface area (Å²) in [5.74, 6) is 0.410. The molecule has 0 spiro atoms. The second-order valence-corrected chi connectivity index (χ2v) is 6.67. The van der Waals surface area contributed by atoms with Crippen molar-refractivity contribution in [2.45, 2.75) is 18.6 Å². The normalized spacial score (nSPS) is 17.2. The fraction of sp³-hybridized carbons (Fsp3) is 0.333. The Bertz CT molecular complexity index is 1070. The van der Waals surface area contributed by atoms with Crippen LogP contribution in [-0.2, 0) is 13.2 Å². The van der Waals surface area contributed by atoms with Crippen LogP contribution in [0.2, 0.25) is 0 Å². The molecule has 0 saturated carbocycles. The van der Waals surface area contributed by atoms with Crippen molar-refractivity contribution in [1.82, 2.24) is 24.8 Å². The number of nitrogens with one attached hydrogen (secondary N) is 2. The van der Waals surface area contributed by atoms with Gasteiger partial charge in [0.15, 0.2) is 0 Å². The summed E-state index contributed by atoms with van der Waals surface area (Å²) in [6, 6.07) is 2.34. The lowest BCUT2D eigenvalue weighted by Gasteiger charge is -2.15. The van der Waals surface area contributed by atoms with Crippen LogP contribution in [-0.4, -0.2) is 38.7 Å². The first kappa shape index (κ1) is 18.4. The molecule has 1 aliphatic rings. The highest BCUT2D eigenvalue weighted by Gasteiger charge is 2.31. The van der Waals surface area contributed by atoms with Crippen molar-refractivity contribution < 1.29 is 13.2 Å². The molecule has 0 unspecified atom stereocenters. The summed E-state index contributed by atoms with van der Waals surface area (Å²) in [5.41, 5.74) is -0.125. The summed E-state index contributed by atoms with van der Waals surface area (Å²) >= 11 is 0. The van der Waals surface area contributed by atoms with Crippen molar-refractivity contribution in [3.63, 3.8) is 0 Å². The average Bonchev–Trinajstić information content (AvgIpc) is 3.17. The Balaban J connectivity index is 1.84. The number of aromatic nitrogens is 4. The summed E-state index contributed by atoms with van der Waals surface area (Å²) < 4.78 is 39.7. The topological polar surface area (TPSA) is 84.7 Å². The summed E-state index contributed by atoms with van der Waals surface area (Å²) in [6.45, 7) is 1.63. The van der Waals surface area contributed by atoms with Crippen LogP contribution in [0.4, 0.5) is 19.0 Å². The van der Waals surface area contributed by atoms with E-state index in [1.165, 1.54) is 23.2 Å². The Labute approximate surface area is 157 Å². The van der Waals surface area contributed by atoms with E-state index < -0.39 is 11.7 Å². The molecular weight excluding hydrogens is 373 g/mol. The molecule has 4 rings (SSSR count). The van der Waals surface area contributed by atoms with Gasteiger partial charge in [0, 0.05) is 37.6 Å². The van der Waals surface area contributed by atoms with E-state index in [0.717, 1.165) is 31.8 Å². The fourth-order valence-corrected chi connectivity index (χ4v) is 3.20. The fourth-order valence-electron chi connectivity index (χ4n) is 3.20. The highest BCUT2D eigenvalue weighted by atomic mass is 19.4. The molecule has 1 saturated heterocycles. The zero-order chi connectivity index (χ0) is 19.9. The number of rotatable bonds is 3. The SMILES string of the molecule is Cn1cnc2c(-c3ccc(C(F)(F)F)cn3)cnc(N[C@H]3CCNC3)c2c1=O. The summed E-state index contributed by atoms with van der Waals surface area (Å²) in [6.07, 6.45) is 0.0436. The molecule has 146 valence electrons. The van der Waals surface area contributed by atoms with Crippen molar-refractivity contribution in [2.24, 2.45) is 7.05 Å². The molecule has 10 heteroatoms. The van der Waals surface area contributed by atoms with Crippen molar-refractivity contribution in [1.29, 1.82) is 0 Å². The van der Waals surface area contributed by atoms with Crippen LogP contribution in [0.25, 0.3) is 22.2 Å². The molecule has 0 bridgehead atoms. The van der Waals surface area contributed by atoms with Crippen molar-refractivity contribution >= 4 is 16.7 Å². The van der Waals surface area contributed by atoms with Gasteiger partial charge >= 0.3 is 6.18 Å². The van der Waals surface area contributed by atoms with Crippen LogP contribution in [0, 0.1) is 0 Å². The highest BCUT2D eigenvalue weighted by Crippen LogP contribution is 2.31. The van der Waals surface area contributed by atoms with Gasteiger partial charge < -0.3 is 15.2 Å². The molecule has 0 aliphatic carbocycles. The van der Waals surface area contributed by atoms with Gasteiger partial charge in [-0.05, 0) is 25.1 Å². The lowest BCUT2D eigenvalue weighted by atomic mass is 10.1. The first-order valence-electron chi connectivity index (χ1n) is 8.70. The second kappa shape index (κ2) is 6.86. The minimum atomic E-state index is -4.47. The van der Waals surface area contributed by atoms with E-state index >= 15 is 0 Å². The standard InChI is InChI=1S/C18H17F3N6O/c1-27-9-25-15-12(13-3-2-10(6-23-13)18(19,20)21)8-24-16(14(15)17(27)28)26-11-4-5-22-7-11/h2-3,6,8-9,11,22H,4-5,7H2,1H3,(H,24,26)/t11-/m0/s1. The molecule has 4 heterocycles. The van der Waals surface area contributed by atoms with Gasteiger partial charge in [-0.2, -0.15) is 13.2 Å². The zero-order valence-corrected chi connectivity index (χ0v) is 14.9. The summed E-state index contributed by atoms with van der Waals surface area (Å²) in [4.78, 5) is 25.4. The van der Waals surface area contributed by atoms with Crippen molar-refractivity contribution in [3.05, 3.63) is 46.8 Å². The third-order valence-electron chi connectivity index (χ3n) is 4.71. The monoisotopic (exact) mass is 390 g/mol. The lowest BCUT2D eigenvalue weighted by Crippen LogP contribution is -2.25. The number of pyridine rings is 2. The highest BCUT2D eigenvalue weighted by molar-refractivity contribution is 5.97. The number of fused-ring (bicyclic) bond motifs is 1. The molecule has 0 aromatic carbocycles. The Hall–Kier alpha value is -3.01. The number of aryl methyl sites for hydroxylation is 1. The van der Waals surface area contributed by atoms with Crippen LogP contribution < -0.4 is 16.2 Å². The molecule has 3 aromatic rings. The van der Waals surface area contributed by atoms with E-state index in [1.54, 1.807) is 7.05 Å². The third-order valence-corrected chi connectivity index (χ3v) is 4.71. The van der Waals surface area contributed by atoms with Crippen LogP contribution in [0.5, 0.6) is 0 Å². The molecule has 0 radical (unpaired) electrons.